The molecule has 2 aromatic heterocycles. The number of amides is 1. The molecule has 9 heteroatoms. The van der Waals surface area contributed by atoms with Crippen LogP contribution in [0.4, 0.5) is 5.00 Å². The van der Waals surface area contributed by atoms with Crippen LogP contribution < -0.4 is 5.32 Å². The smallest absolute Gasteiger partial charge is 0.338 e. The molecule has 1 aliphatic carbocycles. The second-order valence-corrected chi connectivity index (χ2v) is 10.5. The molecular weight excluding hydrogens is 462 g/mol. The Labute approximate surface area is 198 Å². The van der Waals surface area contributed by atoms with Gasteiger partial charge in [-0.2, -0.15) is 5.26 Å². The summed E-state index contributed by atoms with van der Waals surface area (Å²) in [5, 5.41) is 14.8. The zero-order valence-electron chi connectivity index (χ0n) is 17.5. The Morgan fingerprint density at radius 3 is 2.88 bits per heavy atom. The van der Waals surface area contributed by atoms with Gasteiger partial charge in [-0.05, 0) is 49.8 Å². The van der Waals surface area contributed by atoms with Gasteiger partial charge < -0.3 is 10.1 Å². The molecule has 2 heterocycles. The number of nitrogens with zero attached hydrogens (tertiary/aromatic N) is 2. The molecule has 1 amide bonds. The Balaban J connectivity index is 1.36. The Bertz CT molecular complexity index is 1190. The minimum absolute atomic E-state index is 0.403. The number of thiazole rings is 1. The third-order valence-electron chi connectivity index (χ3n) is 5.06. The average molecular weight is 484 g/mol. The molecule has 0 fully saturated rings. The van der Waals surface area contributed by atoms with Gasteiger partial charge in [-0.15, -0.1) is 22.7 Å². The number of nitrogens with one attached hydrogen (secondary N) is 1. The number of nitriles is 1. The van der Waals surface area contributed by atoms with Crippen LogP contribution in [0.25, 0.3) is 0 Å². The number of rotatable bonds is 7. The maximum Gasteiger partial charge on any atom is 0.338 e. The summed E-state index contributed by atoms with van der Waals surface area (Å²) in [4.78, 5) is 30.7. The first kappa shape index (κ1) is 22.5. The van der Waals surface area contributed by atoms with Gasteiger partial charge in [0.15, 0.2) is 6.61 Å². The first-order valence-corrected chi connectivity index (χ1v) is 12.9. The van der Waals surface area contributed by atoms with Gasteiger partial charge in [0.2, 0.25) is 0 Å². The number of thioether (sulfide) groups is 1. The summed E-state index contributed by atoms with van der Waals surface area (Å²) in [6, 6.07) is 9.43. The van der Waals surface area contributed by atoms with E-state index in [-0.39, 0.29) is 0 Å². The lowest BCUT2D eigenvalue weighted by Gasteiger charge is -2.10. The van der Waals surface area contributed by atoms with E-state index in [0.29, 0.717) is 21.9 Å². The maximum absolute atomic E-state index is 12.6. The molecule has 1 aliphatic rings. The number of ether oxygens (including phenoxy) is 1. The molecule has 3 aromatic rings. The number of fused-ring (bicyclic) bond motifs is 1. The van der Waals surface area contributed by atoms with Crippen LogP contribution in [0, 0.1) is 18.3 Å². The van der Waals surface area contributed by atoms with E-state index in [1.165, 1.54) is 16.2 Å². The van der Waals surface area contributed by atoms with E-state index in [4.69, 9.17) is 4.74 Å². The first-order chi connectivity index (χ1) is 15.5. The van der Waals surface area contributed by atoms with Gasteiger partial charge in [0, 0.05) is 21.7 Å². The van der Waals surface area contributed by atoms with E-state index >= 15 is 0 Å². The van der Waals surface area contributed by atoms with Crippen molar-refractivity contribution < 1.29 is 14.3 Å². The van der Waals surface area contributed by atoms with E-state index in [2.05, 4.69) is 16.4 Å². The van der Waals surface area contributed by atoms with Crippen LogP contribution in [0.1, 0.15) is 50.5 Å². The van der Waals surface area contributed by atoms with Crippen molar-refractivity contribution >= 4 is 51.3 Å². The molecule has 0 saturated heterocycles. The second-order valence-electron chi connectivity index (χ2n) is 7.35. The molecule has 32 heavy (non-hydrogen) atoms. The van der Waals surface area contributed by atoms with Gasteiger partial charge in [0.1, 0.15) is 15.4 Å². The summed E-state index contributed by atoms with van der Waals surface area (Å²) in [6.45, 7) is 1.54. The van der Waals surface area contributed by atoms with Crippen molar-refractivity contribution in [2.45, 2.75) is 42.7 Å². The number of thiophene rings is 1. The third-order valence-corrected chi connectivity index (χ3v) is 8.45. The van der Waals surface area contributed by atoms with Gasteiger partial charge in [0.05, 0.1) is 11.1 Å². The highest BCUT2D eigenvalue weighted by atomic mass is 32.2. The predicted molar refractivity (Wildman–Crippen MR) is 127 cm³/mol. The number of aromatic nitrogens is 1. The average Bonchev–Trinajstić information content (AvgIpc) is 3.38. The molecule has 6 nitrogen and oxygen atoms in total. The number of carbonyl (C=O) groups excluding carboxylic acids is 2. The lowest BCUT2D eigenvalue weighted by atomic mass is 9.96. The monoisotopic (exact) mass is 483 g/mol. The standard InChI is InChI=1S/C23H21N3O3S3/c1-14-12-30-23(25-14)31-13-15-6-2-3-7-16(15)22(28)29-11-20(27)26-21-18(10-24)17-8-4-5-9-19(17)32-21/h2-3,6-7,12H,4-5,8-9,11,13H2,1H3,(H,26,27). The number of hydrogen-bond acceptors (Lipinski definition) is 8. The van der Waals surface area contributed by atoms with Crippen molar-refractivity contribution in [1.82, 2.24) is 4.98 Å². The topological polar surface area (TPSA) is 92.1 Å². The lowest BCUT2D eigenvalue weighted by molar-refractivity contribution is -0.119. The van der Waals surface area contributed by atoms with Crippen LogP contribution >= 0.6 is 34.4 Å². The fourth-order valence-electron chi connectivity index (χ4n) is 3.53. The summed E-state index contributed by atoms with van der Waals surface area (Å²) in [5.41, 5.74) is 3.84. The highest BCUT2D eigenvalue weighted by Crippen LogP contribution is 2.37. The summed E-state index contributed by atoms with van der Waals surface area (Å²) >= 11 is 4.58. The van der Waals surface area contributed by atoms with Crippen molar-refractivity contribution in [1.29, 1.82) is 5.26 Å². The van der Waals surface area contributed by atoms with Crippen LogP contribution in [-0.2, 0) is 28.1 Å². The summed E-state index contributed by atoms with van der Waals surface area (Å²) in [6.07, 6.45) is 3.97. The molecule has 0 spiro atoms. The fourth-order valence-corrected chi connectivity index (χ4v) is 6.64. The van der Waals surface area contributed by atoms with Crippen molar-refractivity contribution in [3.8, 4) is 6.07 Å². The molecule has 0 atom stereocenters. The Morgan fingerprint density at radius 1 is 1.28 bits per heavy atom. The molecule has 0 saturated carbocycles. The van der Waals surface area contributed by atoms with Gasteiger partial charge in [-0.1, -0.05) is 30.0 Å². The summed E-state index contributed by atoms with van der Waals surface area (Å²) in [7, 11) is 0. The number of anilines is 1. The molecule has 0 bridgehead atoms. The largest absolute Gasteiger partial charge is 0.452 e. The van der Waals surface area contributed by atoms with E-state index in [0.717, 1.165) is 46.8 Å². The highest BCUT2D eigenvalue weighted by Gasteiger charge is 2.22. The zero-order chi connectivity index (χ0) is 22.5. The van der Waals surface area contributed by atoms with Gasteiger partial charge in [0.25, 0.3) is 5.91 Å². The summed E-state index contributed by atoms with van der Waals surface area (Å²) < 4.78 is 6.22. The minimum atomic E-state index is -0.544. The van der Waals surface area contributed by atoms with Crippen LogP contribution in [0.3, 0.4) is 0 Å². The van der Waals surface area contributed by atoms with E-state index in [1.807, 2.05) is 24.4 Å². The number of carbonyl (C=O) groups is 2. The number of aryl methyl sites for hydroxylation is 2. The Kier molecular flexibility index (Phi) is 7.25. The van der Waals surface area contributed by atoms with Crippen molar-refractivity contribution in [3.05, 3.63) is 62.5 Å². The Hall–Kier alpha value is -2.67. The quantitative estimate of drug-likeness (QED) is 0.360. The molecule has 164 valence electrons. The molecule has 0 unspecified atom stereocenters. The number of hydrogen-bond donors (Lipinski definition) is 1. The van der Waals surface area contributed by atoms with Crippen LogP contribution in [-0.4, -0.2) is 23.5 Å². The number of benzene rings is 1. The van der Waals surface area contributed by atoms with Crippen LogP contribution in [0.2, 0.25) is 0 Å². The van der Waals surface area contributed by atoms with Gasteiger partial charge in [-0.3, -0.25) is 4.79 Å². The molecule has 0 radical (unpaired) electrons. The fraction of sp³-hybridized carbons (Fsp3) is 0.304. The SMILES string of the molecule is Cc1csc(SCc2ccccc2C(=O)OCC(=O)Nc2sc3c(c2C#N)CCCC3)n1. The molecule has 0 aliphatic heterocycles. The first-order valence-electron chi connectivity index (χ1n) is 10.2. The third kappa shape index (κ3) is 5.21. The molecular formula is C23H21N3O3S3. The molecule has 1 aromatic carbocycles. The molecule has 4 rings (SSSR count). The van der Waals surface area contributed by atoms with Crippen molar-refractivity contribution in [2.24, 2.45) is 0 Å². The van der Waals surface area contributed by atoms with E-state index in [9.17, 15) is 14.9 Å². The predicted octanol–water partition coefficient (Wildman–Crippen LogP) is 5.35. The van der Waals surface area contributed by atoms with E-state index < -0.39 is 18.5 Å². The van der Waals surface area contributed by atoms with Crippen LogP contribution in [0.5, 0.6) is 0 Å². The number of esters is 1. The lowest BCUT2D eigenvalue weighted by Crippen LogP contribution is -2.21. The minimum Gasteiger partial charge on any atom is -0.452 e. The van der Waals surface area contributed by atoms with Gasteiger partial charge in [-0.25, -0.2) is 9.78 Å². The normalized spacial score (nSPS) is 12.6. The highest BCUT2D eigenvalue weighted by molar-refractivity contribution is 8.00. The maximum atomic E-state index is 12.6. The van der Waals surface area contributed by atoms with Crippen LogP contribution in [0.15, 0.2) is 34.0 Å². The summed E-state index contributed by atoms with van der Waals surface area (Å²) in [5.74, 6) is -0.410. The zero-order valence-corrected chi connectivity index (χ0v) is 19.9. The van der Waals surface area contributed by atoms with Crippen molar-refractivity contribution in [3.63, 3.8) is 0 Å². The second kappa shape index (κ2) is 10.3. The van der Waals surface area contributed by atoms with E-state index in [1.54, 1.807) is 35.2 Å². The Morgan fingerprint density at radius 2 is 2.09 bits per heavy atom. The molecule has 1 N–H and O–H groups in total. The van der Waals surface area contributed by atoms with Crippen molar-refractivity contribution in [2.75, 3.05) is 11.9 Å². The van der Waals surface area contributed by atoms with Gasteiger partial charge >= 0.3 is 5.97 Å².